The van der Waals surface area contributed by atoms with Crippen LogP contribution in [0.1, 0.15) is 25.7 Å². The molecule has 5 rings (SSSR count). The van der Waals surface area contributed by atoms with Crippen LogP contribution >= 0.6 is 11.6 Å². The van der Waals surface area contributed by atoms with E-state index in [9.17, 15) is 4.79 Å². The molecule has 1 aliphatic carbocycles. The van der Waals surface area contributed by atoms with E-state index in [0.29, 0.717) is 53.6 Å². The Balaban J connectivity index is 1.41. The smallest absolute Gasteiger partial charge is 0.306 e. The molecule has 30 heavy (non-hydrogen) atoms. The number of nitrogens with one attached hydrogen (secondary N) is 1. The lowest BCUT2D eigenvalue weighted by molar-refractivity contribution is -0.143. The van der Waals surface area contributed by atoms with Crippen LogP contribution in [0, 0.1) is 5.92 Å². The molecule has 0 spiro atoms. The molecule has 7 nitrogen and oxygen atoms in total. The van der Waals surface area contributed by atoms with Crippen molar-refractivity contribution in [2.75, 3.05) is 0 Å². The van der Waals surface area contributed by atoms with Gasteiger partial charge < -0.3 is 14.4 Å². The van der Waals surface area contributed by atoms with Crippen molar-refractivity contribution in [1.82, 2.24) is 19.5 Å². The number of hydrogen-bond acceptors (Lipinski definition) is 4. The molecule has 0 radical (unpaired) electrons. The largest absolute Gasteiger partial charge is 0.481 e. The quantitative estimate of drug-likeness (QED) is 0.491. The molecule has 3 heterocycles. The van der Waals surface area contributed by atoms with Gasteiger partial charge in [-0.25, -0.2) is 4.98 Å². The number of aromatic nitrogens is 4. The van der Waals surface area contributed by atoms with Crippen molar-refractivity contribution < 1.29 is 14.6 Å². The SMILES string of the molecule is Cn1ccc2ccc(-c3nc4[nH]c(O[C@H]5CC[C@H](C(=O)O)CC5)nc4cc3Cl)cc21. The number of fused-ring (bicyclic) bond motifs is 2. The van der Waals surface area contributed by atoms with Gasteiger partial charge in [-0.3, -0.25) is 9.78 Å². The Bertz CT molecular complexity index is 1250. The summed E-state index contributed by atoms with van der Waals surface area (Å²) in [5, 5.41) is 10.8. The number of aliphatic carboxylic acids is 1. The third-order valence-electron chi connectivity index (χ3n) is 5.87. The molecule has 0 saturated heterocycles. The first-order chi connectivity index (χ1) is 14.5. The highest BCUT2D eigenvalue weighted by atomic mass is 35.5. The fraction of sp³-hybridized carbons (Fsp3) is 0.318. The minimum Gasteiger partial charge on any atom is -0.481 e. The highest BCUT2D eigenvalue weighted by Gasteiger charge is 2.27. The molecule has 154 valence electrons. The molecular weight excluding hydrogens is 404 g/mol. The number of H-pyrrole nitrogens is 1. The van der Waals surface area contributed by atoms with Gasteiger partial charge in [0.2, 0.25) is 0 Å². The highest BCUT2D eigenvalue weighted by Crippen LogP contribution is 2.32. The van der Waals surface area contributed by atoms with Crippen LogP contribution in [0.4, 0.5) is 0 Å². The number of carboxylic acid groups (broad SMARTS) is 1. The van der Waals surface area contributed by atoms with Gasteiger partial charge in [0.25, 0.3) is 6.01 Å². The molecule has 1 saturated carbocycles. The topological polar surface area (TPSA) is 93.0 Å². The number of pyridine rings is 1. The van der Waals surface area contributed by atoms with E-state index in [0.717, 1.165) is 16.5 Å². The van der Waals surface area contributed by atoms with Crippen molar-refractivity contribution in [2.45, 2.75) is 31.8 Å². The van der Waals surface area contributed by atoms with E-state index in [1.165, 1.54) is 0 Å². The van der Waals surface area contributed by atoms with E-state index >= 15 is 0 Å². The lowest BCUT2D eigenvalue weighted by atomic mass is 9.87. The molecule has 0 atom stereocenters. The van der Waals surface area contributed by atoms with Crippen LogP contribution in [-0.2, 0) is 11.8 Å². The maximum atomic E-state index is 11.1. The average Bonchev–Trinajstić information content (AvgIpc) is 3.30. The summed E-state index contributed by atoms with van der Waals surface area (Å²) >= 11 is 6.53. The van der Waals surface area contributed by atoms with Crippen LogP contribution in [0.3, 0.4) is 0 Å². The molecule has 1 aliphatic rings. The summed E-state index contributed by atoms with van der Waals surface area (Å²) in [4.78, 5) is 23.4. The molecule has 3 aromatic heterocycles. The van der Waals surface area contributed by atoms with Gasteiger partial charge in [0.1, 0.15) is 11.6 Å². The number of carboxylic acids is 1. The molecule has 8 heteroatoms. The van der Waals surface area contributed by atoms with Crippen molar-refractivity contribution in [1.29, 1.82) is 0 Å². The van der Waals surface area contributed by atoms with E-state index in [2.05, 4.69) is 32.7 Å². The third kappa shape index (κ3) is 3.39. The number of nitrogens with zero attached hydrogens (tertiary/aromatic N) is 3. The van der Waals surface area contributed by atoms with E-state index in [4.69, 9.17) is 26.4 Å². The number of carbonyl (C=O) groups is 1. The first-order valence-electron chi connectivity index (χ1n) is 9.99. The van der Waals surface area contributed by atoms with Crippen LogP contribution in [0.5, 0.6) is 6.01 Å². The number of halogens is 1. The van der Waals surface area contributed by atoms with Crippen molar-refractivity contribution in [2.24, 2.45) is 13.0 Å². The minimum absolute atomic E-state index is 0.0455. The fourth-order valence-corrected chi connectivity index (χ4v) is 4.40. The van der Waals surface area contributed by atoms with Crippen LogP contribution in [0.2, 0.25) is 5.02 Å². The predicted octanol–water partition coefficient (Wildman–Crippen LogP) is 4.79. The Morgan fingerprint density at radius 3 is 2.77 bits per heavy atom. The number of aromatic amines is 1. The number of benzene rings is 1. The molecule has 0 amide bonds. The van der Waals surface area contributed by atoms with E-state index < -0.39 is 5.97 Å². The molecule has 2 N–H and O–H groups in total. The normalized spacial score (nSPS) is 19.4. The summed E-state index contributed by atoms with van der Waals surface area (Å²) < 4.78 is 8.03. The van der Waals surface area contributed by atoms with Gasteiger partial charge in [-0.05, 0) is 49.3 Å². The number of hydrogen-bond donors (Lipinski definition) is 2. The predicted molar refractivity (Wildman–Crippen MR) is 115 cm³/mol. The number of aryl methyl sites for hydroxylation is 1. The van der Waals surface area contributed by atoms with Crippen molar-refractivity contribution >= 4 is 39.6 Å². The molecule has 0 aliphatic heterocycles. The Hall–Kier alpha value is -3.06. The van der Waals surface area contributed by atoms with Crippen molar-refractivity contribution in [3.05, 3.63) is 41.6 Å². The summed E-state index contributed by atoms with van der Waals surface area (Å²) in [5.74, 6) is -0.998. The van der Waals surface area contributed by atoms with Crippen molar-refractivity contribution in [3.63, 3.8) is 0 Å². The first-order valence-corrected chi connectivity index (χ1v) is 10.4. The summed E-state index contributed by atoms with van der Waals surface area (Å²) in [5.41, 5.74) is 3.97. The van der Waals surface area contributed by atoms with Crippen LogP contribution < -0.4 is 4.74 Å². The zero-order chi connectivity index (χ0) is 20.8. The molecule has 4 aromatic rings. The third-order valence-corrected chi connectivity index (χ3v) is 6.15. The van der Waals surface area contributed by atoms with E-state index in [1.807, 2.05) is 19.3 Å². The highest BCUT2D eigenvalue weighted by molar-refractivity contribution is 6.33. The summed E-state index contributed by atoms with van der Waals surface area (Å²) in [6.07, 6.45) is 4.62. The summed E-state index contributed by atoms with van der Waals surface area (Å²) in [6.45, 7) is 0. The number of imidazole rings is 1. The Morgan fingerprint density at radius 2 is 2.00 bits per heavy atom. The maximum absolute atomic E-state index is 11.1. The Labute approximate surface area is 177 Å². The number of rotatable bonds is 4. The van der Waals surface area contributed by atoms with Gasteiger partial charge in [-0.1, -0.05) is 23.7 Å². The second-order valence-electron chi connectivity index (χ2n) is 7.86. The maximum Gasteiger partial charge on any atom is 0.306 e. The first kappa shape index (κ1) is 18.9. The zero-order valence-electron chi connectivity index (χ0n) is 16.4. The number of ether oxygens (including phenoxy) is 1. The standard InChI is InChI=1S/C22H21ClN4O3/c1-27-9-8-12-2-3-14(10-18(12)27)19-16(23)11-17-20(25-19)26-22(24-17)30-15-6-4-13(5-7-15)21(28)29/h2-3,8-11,13,15H,4-7H2,1H3,(H,28,29)(H,24,25,26)/t13-,15-. The van der Waals surface area contributed by atoms with Crippen LogP contribution in [0.25, 0.3) is 33.3 Å². The van der Waals surface area contributed by atoms with Crippen LogP contribution in [0.15, 0.2) is 36.5 Å². The lowest BCUT2D eigenvalue weighted by Gasteiger charge is -2.25. The lowest BCUT2D eigenvalue weighted by Crippen LogP contribution is -2.28. The van der Waals surface area contributed by atoms with E-state index in [-0.39, 0.29) is 12.0 Å². The zero-order valence-corrected chi connectivity index (χ0v) is 17.2. The Morgan fingerprint density at radius 1 is 1.20 bits per heavy atom. The van der Waals surface area contributed by atoms with Gasteiger partial charge in [-0.2, -0.15) is 4.98 Å². The second kappa shape index (κ2) is 7.32. The average molecular weight is 425 g/mol. The van der Waals surface area contributed by atoms with Gasteiger partial charge in [0.05, 0.1) is 16.6 Å². The second-order valence-corrected chi connectivity index (χ2v) is 8.27. The Kier molecular flexibility index (Phi) is 4.62. The van der Waals surface area contributed by atoms with Gasteiger partial charge in [0.15, 0.2) is 5.65 Å². The minimum atomic E-state index is -0.725. The van der Waals surface area contributed by atoms with Gasteiger partial charge in [0, 0.05) is 24.3 Å². The van der Waals surface area contributed by atoms with Gasteiger partial charge >= 0.3 is 5.97 Å². The monoisotopic (exact) mass is 424 g/mol. The molecule has 0 unspecified atom stereocenters. The molecule has 0 bridgehead atoms. The van der Waals surface area contributed by atoms with Gasteiger partial charge in [-0.15, -0.1) is 0 Å². The van der Waals surface area contributed by atoms with Crippen molar-refractivity contribution in [3.8, 4) is 17.3 Å². The molecular formula is C22H21ClN4O3. The summed E-state index contributed by atoms with van der Waals surface area (Å²) in [6, 6.07) is 10.4. The molecule has 1 aromatic carbocycles. The fourth-order valence-electron chi connectivity index (χ4n) is 4.15. The van der Waals surface area contributed by atoms with Crippen LogP contribution in [-0.4, -0.2) is 36.7 Å². The van der Waals surface area contributed by atoms with E-state index in [1.54, 1.807) is 6.07 Å². The molecule has 1 fully saturated rings. The summed E-state index contributed by atoms with van der Waals surface area (Å²) in [7, 11) is 2.01.